The number of thioether (sulfide) groups is 1. The van der Waals surface area contributed by atoms with Gasteiger partial charge in [0.2, 0.25) is 5.16 Å². The molecule has 0 bridgehead atoms. The second-order valence-electron chi connectivity index (χ2n) is 4.48. The second-order valence-corrected chi connectivity index (χ2v) is 5.42. The first-order chi connectivity index (χ1) is 9.16. The number of aryl methyl sites for hydroxylation is 1. The van der Waals surface area contributed by atoms with Crippen LogP contribution < -0.4 is 5.84 Å². The number of aromatic nitrogens is 3. The van der Waals surface area contributed by atoms with Crippen molar-refractivity contribution in [2.75, 3.05) is 18.2 Å². The number of rotatable bonds is 6. The lowest BCUT2D eigenvalue weighted by molar-refractivity contribution is -0.133. The van der Waals surface area contributed by atoms with Crippen LogP contribution in [0.15, 0.2) is 5.16 Å². The lowest BCUT2D eigenvalue weighted by Crippen LogP contribution is -2.21. The van der Waals surface area contributed by atoms with Crippen molar-refractivity contribution < 1.29 is 14.6 Å². The number of ether oxygens (including phenoxy) is 1. The number of aliphatic carboxylic acids is 1. The quantitative estimate of drug-likeness (QED) is 0.585. The number of carboxylic acids is 1. The van der Waals surface area contributed by atoms with Crippen LogP contribution in [0.25, 0.3) is 0 Å². The molecule has 106 valence electrons. The van der Waals surface area contributed by atoms with Gasteiger partial charge in [0.15, 0.2) is 5.82 Å². The van der Waals surface area contributed by atoms with Crippen molar-refractivity contribution in [1.82, 2.24) is 14.9 Å². The maximum absolute atomic E-state index is 10.5. The van der Waals surface area contributed by atoms with E-state index in [1.54, 1.807) is 0 Å². The van der Waals surface area contributed by atoms with Crippen LogP contribution in [-0.2, 0) is 16.0 Å². The Kier molecular flexibility index (Phi) is 5.03. The van der Waals surface area contributed by atoms with E-state index in [-0.39, 0.29) is 11.9 Å². The number of hydrogen-bond acceptors (Lipinski definition) is 6. The minimum absolute atomic E-state index is 0.0684. The summed E-state index contributed by atoms with van der Waals surface area (Å²) in [5, 5.41) is 16.9. The standard InChI is InChI=1S/C11H18N4O3S/c12-15-9(5-4-8-3-1-2-6-18-8)13-14-11(15)19-7-10(16)17/h8H,1-7,12H2,(H,16,17). The molecule has 0 radical (unpaired) electrons. The Bertz CT molecular complexity index is 432. The van der Waals surface area contributed by atoms with Crippen molar-refractivity contribution in [2.45, 2.75) is 43.4 Å². The molecule has 2 heterocycles. The second kappa shape index (κ2) is 6.76. The lowest BCUT2D eigenvalue weighted by atomic mass is 10.0. The highest BCUT2D eigenvalue weighted by Crippen LogP contribution is 2.19. The highest BCUT2D eigenvalue weighted by Gasteiger charge is 2.17. The first kappa shape index (κ1) is 14.1. The summed E-state index contributed by atoms with van der Waals surface area (Å²) in [5.74, 6) is 5.54. The van der Waals surface area contributed by atoms with Gasteiger partial charge in [-0.1, -0.05) is 11.8 Å². The monoisotopic (exact) mass is 286 g/mol. The van der Waals surface area contributed by atoms with Gasteiger partial charge in [-0.2, -0.15) is 0 Å². The first-order valence-corrected chi connectivity index (χ1v) is 7.31. The molecule has 1 unspecified atom stereocenters. The van der Waals surface area contributed by atoms with E-state index < -0.39 is 5.97 Å². The van der Waals surface area contributed by atoms with Crippen molar-refractivity contribution in [3.63, 3.8) is 0 Å². The predicted octanol–water partition coefficient (Wildman–Crippen LogP) is 0.670. The summed E-state index contributed by atoms with van der Waals surface area (Å²) in [4.78, 5) is 10.5. The van der Waals surface area contributed by atoms with Crippen molar-refractivity contribution in [3.8, 4) is 0 Å². The maximum atomic E-state index is 10.5. The van der Waals surface area contributed by atoms with E-state index in [4.69, 9.17) is 15.7 Å². The molecule has 1 aliphatic rings. The average Bonchev–Trinajstić information content (AvgIpc) is 2.76. The van der Waals surface area contributed by atoms with Crippen molar-refractivity contribution in [2.24, 2.45) is 0 Å². The molecular weight excluding hydrogens is 268 g/mol. The largest absolute Gasteiger partial charge is 0.481 e. The molecule has 19 heavy (non-hydrogen) atoms. The van der Waals surface area contributed by atoms with Gasteiger partial charge in [-0.3, -0.25) is 4.79 Å². The average molecular weight is 286 g/mol. The Hall–Kier alpha value is -1.28. The summed E-state index contributed by atoms with van der Waals surface area (Å²) in [6.45, 7) is 0.833. The number of nitrogens with zero attached hydrogens (tertiary/aromatic N) is 3. The summed E-state index contributed by atoms with van der Waals surface area (Å²) in [5.41, 5.74) is 0. The summed E-state index contributed by atoms with van der Waals surface area (Å²) < 4.78 is 7.02. The number of hydrogen-bond donors (Lipinski definition) is 2. The summed E-state index contributed by atoms with van der Waals surface area (Å²) in [6.07, 6.45) is 5.28. The van der Waals surface area contributed by atoms with Crippen LogP contribution in [-0.4, -0.2) is 44.4 Å². The van der Waals surface area contributed by atoms with Gasteiger partial charge in [0.05, 0.1) is 11.9 Å². The van der Waals surface area contributed by atoms with Crippen LogP contribution in [0.3, 0.4) is 0 Å². The molecule has 1 atom stereocenters. The Balaban J connectivity index is 1.84. The number of nitrogen functional groups attached to an aromatic ring is 1. The van der Waals surface area contributed by atoms with Crippen molar-refractivity contribution in [3.05, 3.63) is 5.82 Å². The fourth-order valence-electron chi connectivity index (χ4n) is 2.03. The molecular formula is C11H18N4O3S. The maximum Gasteiger partial charge on any atom is 0.313 e. The van der Waals surface area contributed by atoms with Crippen molar-refractivity contribution >= 4 is 17.7 Å². The molecule has 0 aromatic carbocycles. The van der Waals surface area contributed by atoms with E-state index in [2.05, 4.69) is 10.2 Å². The predicted molar refractivity (Wildman–Crippen MR) is 70.4 cm³/mol. The van der Waals surface area contributed by atoms with E-state index in [0.29, 0.717) is 17.4 Å². The molecule has 1 saturated heterocycles. The van der Waals surface area contributed by atoms with Crippen LogP contribution in [0.1, 0.15) is 31.5 Å². The van der Waals surface area contributed by atoms with Crippen molar-refractivity contribution in [1.29, 1.82) is 0 Å². The van der Waals surface area contributed by atoms with Gasteiger partial charge in [-0.05, 0) is 25.7 Å². The van der Waals surface area contributed by atoms with E-state index in [0.717, 1.165) is 37.6 Å². The van der Waals surface area contributed by atoms with Gasteiger partial charge in [0.1, 0.15) is 0 Å². The Morgan fingerprint density at radius 1 is 1.53 bits per heavy atom. The van der Waals surface area contributed by atoms with E-state index in [9.17, 15) is 4.79 Å². The number of carboxylic acid groups (broad SMARTS) is 1. The zero-order valence-corrected chi connectivity index (χ0v) is 11.4. The highest BCUT2D eigenvalue weighted by atomic mass is 32.2. The SMILES string of the molecule is Nn1c(CCC2CCCCO2)nnc1SCC(=O)O. The molecule has 3 N–H and O–H groups in total. The molecule has 1 aromatic heterocycles. The molecule has 8 heteroatoms. The fourth-order valence-corrected chi connectivity index (χ4v) is 2.62. The Morgan fingerprint density at radius 2 is 2.37 bits per heavy atom. The van der Waals surface area contributed by atoms with Crippen LogP contribution in [0, 0.1) is 0 Å². The zero-order valence-electron chi connectivity index (χ0n) is 10.6. The third-order valence-electron chi connectivity index (χ3n) is 3.02. The molecule has 1 aliphatic heterocycles. The zero-order chi connectivity index (χ0) is 13.7. The molecule has 0 spiro atoms. The molecule has 1 fully saturated rings. The lowest BCUT2D eigenvalue weighted by Gasteiger charge is -2.22. The Labute approximate surface area is 115 Å². The molecule has 2 rings (SSSR count). The van der Waals surface area contributed by atoms with Gasteiger partial charge in [0.25, 0.3) is 0 Å². The number of carbonyl (C=O) groups is 1. The van der Waals surface area contributed by atoms with E-state index in [1.165, 1.54) is 11.1 Å². The molecule has 0 aliphatic carbocycles. The third kappa shape index (κ3) is 4.10. The summed E-state index contributed by atoms with van der Waals surface area (Å²) in [6, 6.07) is 0. The molecule has 7 nitrogen and oxygen atoms in total. The van der Waals surface area contributed by atoms with E-state index >= 15 is 0 Å². The molecule has 0 amide bonds. The van der Waals surface area contributed by atoms with Gasteiger partial charge in [-0.25, -0.2) is 4.68 Å². The minimum atomic E-state index is -0.898. The third-order valence-corrected chi connectivity index (χ3v) is 3.95. The van der Waals surface area contributed by atoms with Gasteiger partial charge < -0.3 is 15.7 Å². The number of nitrogens with two attached hydrogens (primary N) is 1. The van der Waals surface area contributed by atoms with Crippen LogP contribution >= 0.6 is 11.8 Å². The molecule has 1 aromatic rings. The Morgan fingerprint density at radius 3 is 3.05 bits per heavy atom. The summed E-state index contributed by atoms with van der Waals surface area (Å²) in [7, 11) is 0. The van der Waals surface area contributed by atoms with Crippen LogP contribution in [0.4, 0.5) is 0 Å². The van der Waals surface area contributed by atoms with Crippen LogP contribution in [0.5, 0.6) is 0 Å². The molecule has 0 saturated carbocycles. The smallest absolute Gasteiger partial charge is 0.313 e. The van der Waals surface area contributed by atoms with Gasteiger partial charge in [0, 0.05) is 13.0 Å². The van der Waals surface area contributed by atoms with Crippen LogP contribution in [0.2, 0.25) is 0 Å². The highest BCUT2D eigenvalue weighted by molar-refractivity contribution is 7.99. The van der Waals surface area contributed by atoms with Gasteiger partial charge in [-0.15, -0.1) is 10.2 Å². The van der Waals surface area contributed by atoms with Gasteiger partial charge >= 0.3 is 5.97 Å². The van der Waals surface area contributed by atoms with E-state index in [1.807, 2.05) is 0 Å². The first-order valence-electron chi connectivity index (χ1n) is 6.32. The fraction of sp³-hybridized carbons (Fsp3) is 0.727. The summed E-state index contributed by atoms with van der Waals surface area (Å²) >= 11 is 1.07. The normalized spacial score (nSPS) is 19.5. The minimum Gasteiger partial charge on any atom is -0.481 e. The topological polar surface area (TPSA) is 103 Å².